The van der Waals surface area contributed by atoms with Crippen molar-refractivity contribution in [3.8, 4) is 0 Å². The van der Waals surface area contributed by atoms with Crippen LogP contribution in [0.25, 0.3) is 0 Å². The number of aliphatic hydroxyl groups excluding tert-OH is 1. The van der Waals surface area contributed by atoms with Crippen LogP contribution in [0.1, 0.15) is 32.6 Å². The van der Waals surface area contributed by atoms with Gasteiger partial charge < -0.3 is 15.3 Å². The molecule has 0 saturated carbocycles. The number of carbonyl (C=O) groups is 1. The molecule has 20 heavy (non-hydrogen) atoms. The molecule has 1 aromatic heterocycles. The van der Waals surface area contributed by atoms with E-state index in [1.165, 1.54) is 0 Å². The lowest BCUT2D eigenvalue weighted by molar-refractivity contribution is -0.122. The molecule has 0 bridgehead atoms. The van der Waals surface area contributed by atoms with E-state index in [-0.39, 0.29) is 18.1 Å². The van der Waals surface area contributed by atoms with E-state index in [0.29, 0.717) is 25.3 Å². The molecule has 2 rings (SSSR count). The summed E-state index contributed by atoms with van der Waals surface area (Å²) >= 11 is 0. The predicted octanol–water partition coefficient (Wildman–Crippen LogP) is 0.723. The first-order valence-corrected chi connectivity index (χ1v) is 7.21. The van der Waals surface area contributed by atoms with Crippen molar-refractivity contribution in [1.82, 2.24) is 15.3 Å². The van der Waals surface area contributed by atoms with Crippen LogP contribution in [0.5, 0.6) is 0 Å². The van der Waals surface area contributed by atoms with Crippen molar-refractivity contribution in [3.63, 3.8) is 0 Å². The molecule has 1 aliphatic rings. The number of aromatic nitrogens is 2. The second-order valence-corrected chi connectivity index (χ2v) is 5.04. The summed E-state index contributed by atoms with van der Waals surface area (Å²) in [6.07, 6.45) is 6.13. The molecule has 2 heterocycles. The summed E-state index contributed by atoms with van der Waals surface area (Å²) in [5, 5.41) is 12.4. The maximum Gasteiger partial charge on any atom is 0.242 e. The Hall–Kier alpha value is -1.69. The molecular weight excluding hydrogens is 256 g/mol. The SMILES string of the molecule is CCC(O)CCNC(=O)C1CCCN1c1ncccn1. The van der Waals surface area contributed by atoms with Crippen LogP contribution < -0.4 is 10.2 Å². The Morgan fingerprint density at radius 2 is 2.30 bits per heavy atom. The molecule has 1 aliphatic heterocycles. The van der Waals surface area contributed by atoms with Crippen LogP contribution in [0.15, 0.2) is 18.5 Å². The topological polar surface area (TPSA) is 78.4 Å². The average Bonchev–Trinajstić information content (AvgIpc) is 2.97. The Balaban J connectivity index is 1.89. The Kier molecular flexibility index (Phi) is 5.29. The Morgan fingerprint density at radius 3 is 3.00 bits per heavy atom. The van der Waals surface area contributed by atoms with Crippen molar-refractivity contribution in [2.24, 2.45) is 0 Å². The molecule has 0 aromatic carbocycles. The molecular formula is C14H22N4O2. The third kappa shape index (κ3) is 3.66. The molecule has 1 amide bonds. The highest BCUT2D eigenvalue weighted by Crippen LogP contribution is 2.21. The zero-order valence-corrected chi connectivity index (χ0v) is 11.8. The number of carbonyl (C=O) groups excluding carboxylic acids is 1. The van der Waals surface area contributed by atoms with Gasteiger partial charge in [0.25, 0.3) is 0 Å². The quantitative estimate of drug-likeness (QED) is 0.802. The zero-order chi connectivity index (χ0) is 14.4. The van der Waals surface area contributed by atoms with E-state index in [9.17, 15) is 9.90 Å². The van der Waals surface area contributed by atoms with Gasteiger partial charge in [-0.2, -0.15) is 0 Å². The molecule has 110 valence electrons. The lowest BCUT2D eigenvalue weighted by atomic mass is 10.2. The summed E-state index contributed by atoms with van der Waals surface area (Å²) in [5.74, 6) is 0.608. The normalized spacial score (nSPS) is 19.9. The molecule has 6 nitrogen and oxygen atoms in total. The van der Waals surface area contributed by atoms with E-state index in [1.54, 1.807) is 18.5 Å². The van der Waals surface area contributed by atoms with Gasteiger partial charge in [-0.25, -0.2) is 9.97 Å². The first kappa shape index (κ1) is 14.7. The van der Waals surface area contributed by atoms with E-state index in [1.807, 2.05) is 11.8 Å². The number of nitrogens with zero attached hydrogens (tertiary/aromatic N) is 3. The fourth-order valence-corrected chi connectivity index (χ4v) is 2.40. The molecule has 1 fully saturated rings. The highest BCUT2D eigenvalue weighted by atomic mass is 16.3. The smallest absolute Gasteiger partial charge is 0.242 e. The fourth-order valence-electron chi connectivity index (χ4n) is 2.40. The fraction of sp³-hybridized carbons (Fsp3) is 0.643. The second-order valence-electron chi connectivity index (χ2n) is 5.04. The molecule has 0 spiro atoms. The van der Waals surface area contributed by atoms with E-state index in [4.69, 9.17) is 0 Å². The van der Waals surface area contributed by atoms with Crippen molar-refractivity contribution in [3.05, 3.63) is 18.5 Å². The molecule has 6 heteroatoms. The highest BCUT2D eigenvalue weighted by Gasteiger charge is 2.32. The predicted molar refractivity (Wildman–Crippen MR) is 76.3 cm³/mol. The molecule has 2 unspecified atom stereocenters. The minimum absolute atomic E-state index is 0.00161. The first-order chi connectivity index (χ1) is 9.72. The third-order valence-electron chi connectivity index (χ3n) is 3.61. The van der Waals surface area contributed by atoms with Crippen molar-refractivity contribution in [2.45, 2.75) is 44.8 Å². The third-order valence-corrected chi connectivity index (χ3v) is 3.61. The van der Waals surface area contributed by atoms with Crippen molar-refractivity contribution >= 4 is 11.9 Å². The number of anilines is 1. The molecule has 1 aromatic rings. The largest absolute Gasteiger partial charge is 0.393 e. The van der Waals surface area contributed by atoms with Crippen LogP contribution in [-0.2, 0) is 4.79 Å². The van der Waals surface area contributed by atoms with Gasteiger partial charge in [0.15, 0.2) is 0 Å². The summed E-state index contributed by atoms with van der Waals surface area (Å²) in [4.78, 5) is 22.6. The van der Waals surface area contributed by atoms with Crippen LogP contribution >= 0.6 is 0 Å². The van der Waals surface area contributed by atoms with E-state index >= 15 is 0 Å². The number of hydrogen-bond donors (Lipinski definition) is 2. The summed E-state index contributed by atoms with van der Waals surface area (Å²) in [6.45, 7) is 3.24. The van der Waals surface area contributed by atoms with Gasteiger partial charge in [-0.3, -0.25) is 4.79 Å². The zero-order valence-electron chi connectivity index (χ0n) is 11.8. The molecule has 1 saturated heterocycles. The standard InChI is InChI=1S/C14H22N4O2/c1-2-11(19)6-9-15-13(20)12-5-3-10-18(12)14-16-7-4-8-17-14/h4,7-8,11-12,19H,2-3,5-6,9-10H2,1H3,(H,15,20). The van der Waals surface area contributed by atoms with Crippen molar-refractivity contribution in [1.29, 1.82) is 0 Å². The van der Waals surface area contributed by atoms with Crippen LogP contribution in [0.3, 0.4) is 0 Å². The van der Waals surface area contributed by atoms with E-state index < -0.39 is 0 Å². The van der Waals surface area contributed by atoms with Crippen LogP contribution in [-0.4, -0.2) is 46.2 Å². The number of aliphatic hydroxyl groups is 1. The van der Waals surface area contributed by atoms with Crippen molar-refractivity contribution < 1.29 is 9.90 Å². The van der Waals surface area contributed by atoms with Gasteiger partial charge >= 0.3 is 0 Å². The summed E-state index contributed by atoms with van der Waals surface area (Å²) in [7, 11) is 0. The Labute approximate surface area is 119 Å². The summed E-state index contributed by atoms with van der Waals surface area (Å²) < 4.78 is 0. The van der Waals surface area contributed by atoms with Gasteiger partial charge in [-0.05, 0) is 31.7 Å². The average molecular weight is 278 g/mol. The van der Waals surface area contributed by atoms with E-state index in [2.05, 4.69) is 15.3 Å². The monoisotopic (exact) mass is 278 g/mol. The Bertz CT molecular complexity index is 426. The van der Waals surface area contributed by atoms with Gasteiger partial charge in [0, 0.05) is 25.5 Å². The molecule has 0 aliphatic carbocycles. The van der Waals surface area contributed by atoms with Gasteiger partial charge in [-0.1, -0.05) is 6.92 Å². The minimum atomic E-state index is -0.340. The lowest BCUT2D eigenvalue weighted by Gasteiger charge is -2.23. The molecule has 2 N–H and O–H groups in total. The van der Waals surface area contributed by atoms with Crippen molar-refractivity contribution in [2.75, 3.05) is 18.0 Å². The van der Waals surface area contributed by atoms with Gasteiger partial charge in [0.05, 0.1) is 6.10 Å². The van der Waals surface area contributed by atoms with E-state index in [0.717, 1.165) is 19.4 Å². The van der Waals surface area contributed by atoms with Gasteiger partial charge in [0.1, 0.15) is 6.04 Å². The number of nitrogens with one attached hydrogen (secondary N) is 1. The van der Waals surface area contributed by atoms with Crippen LogP contribution in [0.4, 0.5) is 5.95 Å². The number of rotatable bonds is 6. The maximum atomic E-state index is 12.2. The highest BCUT2D eigenvalue weighted by molar-refractivity contribution is 5.85. The van der Waals surface area contributed by atoms with Crippen LogP contribution in [0.2, 0.25) is 0 Å². The van der Waals surface area contributed by atoms with Gasteiger partial charge in [-0.15, -0.1) is 0 Å². The lowest BCUT2D eigenvalue weighted by Crippen LogP contribution is -2.44. The van der Waals surface area contributed by atoms with Gasteiger partial charge in [0.2, 0.25) is 11.9 Å². The number of hydrogen-bond acceptors (Lipinski definition) is 5. The first-order valence-electron chi connectivity index (χ1n) is 7.21. The second kappa shape index (κ2) is 7.19. The number of amides is 1. The molecule has 2 atom stereocenters. The Morgan fingerprint density at radius 1 is 1.55 bits per heavy atom. The molecule has 0 radical (unpaired) electrons. The summed E-state index contributed by atoms with van der Waals surface area (Å²) in [5.41, 5.74) is 0. The minimum Gasteiger partial charge on any atom is -0.393 e. The maximum absolute atomic E-state index is 12.2. The summed E-state index contributed by atoms with van der Waals surface area (Å²) in [6, 6.07) is 1.57. The van der Waals surface area contributed by atoms with Crippen LogP contribution in [0, 0.1) is 0 Å².